The van der Waals surface area contributed by atoms with Gasteiger partial charge in [0.2, 0.25) is 5.91 Å². The lowest BCUT2D eigenvalue weighted by atomic mass is 10.1. The molecule has 0 atom stereocenters. The van der Waals surface area contributed by atoms with Crippen molar-refractivity contribution < 1.29 is 4.79 Å². The molecule has 7 nitrogen and oxygen atoms in total. The average Bonchev–Trinajstić information content (AvgIpc) is 3.10. The largest absolute Gasteiger partial charge is 0.358 e. The number of hydrogen-bond acceptors (Lipinski definition) is 4. The third-order valence-electron chi connectivity index (χ3n) is 4.47. The number of benzene rings is 1. The second kappa shape index (κ2) is 7.42. The van der Waals surface area contributed by atoms with Gasteiger partial charge in [-0.1, -0.05) is 0 Å². The van der Waals surface area contributed by atoms with Gasteiger partial charge in [0.15, 0.2) is 0 Å². The molecule has 1 amide bonds. The lowest BCUT2D eigenvalue weighted by Gasteiger charge is -2.07. The Labute approximate surface area is 152 Å². The Balaban J connectivity index is 1.68. The summed E-state index contributed by atoms with van der Waals surface area (Å²) in [6, 6.07) is 8.01. The van der Waals surface area contributed by atoms with Gasteiger partial charge in [0.1, 0.15) is 17.6 Å². The minimum absolute atomic E-state index is 0.0772. The molecule has 3 N–H and O–H groups in total. The quantitative estimate of drug-likeness (QED) is 0.594. The highest BCUT2D eigenvalue weighted by atomic mass is 16.1. The van der Waals surface area contributed by atoms with E-state index in [1.807, 2.05) is 25.2 Å². The van der Waals surface area contributed by atoms with Crippen molar-refractivity contribution in [1.82, 2.24) is 19.9 Å². The van der Waals surface area contributed by atoms with E-state index in [0.29, 0.717) is 12.2 Å². The smallest absolute Gasteiger partial charge is 0.221 e. The summed E-state index contributed by atoms with van der Waals surface area (Å²) in [6.45, 7) is 4.96. The Morgan fingerprint density at radius 2 is 2.23 bits per heavy atom. The maximum absolute atomic E-state index is 11.3. The number of carbonyl (C=O) groups is 1. The highest BCUT2D eigenvalue weighted by Gasteiger charge is 2.10. The Hall–Kier alpha value is -3.11. The predicted molar refractivity (Wildman–Crippen MR) is 101 cm³/mol. The highest BCUT2D eigenvalue weighted by Crippen LogP contribution is 2.25. The molecule has 0 bridgehead atoms. The molecular formula is C19H22N6O. The van der Waals surface area contributed by atoms with Crippen LogP contribution < -0.4 is 10.6 Å². The van der Waals surface area contributed by atoms with E-state index in [9.17, 15) is 4.79 Å². The van der Waals surface area contributed by atoms with Crippen molar-refractivity contribution in [2.75, 3.05) is 11.9 Å². The molecule has 0 aliphatic rings. The monoisotopic (exact) mass is 350 g/mol. The number of nitrogens with one attached hydrogen (secondary N) is 3. The van der Waals surface area contributed by atoms with Crippen molar-refractivity contribution in [3.8, 4) is 6.07 Å². The summed E-state index contributed by atoms with van der Waals surface area (Å²) in [6.07, 6.45) is 2.44. The Bertz CT molecular complexity index is 992. The zero-order valence-electron chi connectivity index (χ0n) is 15.2. The zero-order chi connectivity index (χ0) is 18.7. The summed E-state index contributed by atoms with van der Waals surface area (Å²) in [5.41, 5.74) is 4.78. The van der Waals surface area contributed by atoms with Gasteiger partial charge < -0.3 is 20.2 Å². The number of amides is 1. The molecule has 0 spiro atoms. The number of H-pyrrole nitrogens is 1. The number of hydrogen-bond donors (Lipinski definition) is 3. The van der Waals surface area contributed by atoms with E-state index in [1.54, 1.807) is 10.8 Å². The fraction of sp³-hybridized carbons (Fsp3) is 0.316. The van der Waals surface area contributed by atoms with Gasteiger partial charge >= 0.3 is 0 Å². The summed E-state index contributed by atoms with van der Waals surface area (Å²) in [5, 5.41) is 16.3. The van der Waals surface area contributed by atoms with E-state index < -0.39 is 0 Å². The second-order valence-electron chi connectivity index (χ2n) is 6.33. The Morgan fingerprint density at radius 3 is 2.92 bits per heavy atom. The van der Waals surface area contributed by atoms with Crippen molar-refractivity contribution in [3.63, 3.8) is 0 Å². The molecule has 2 aromatic heterocycles. The van der Waals surface area contributed by atoms with E-state index in [2.05, 4.69) is 33.6 Å². The SMILES string of the molecule is CC(=O)Nc1ccc2[nH]c(C)c(CCNCc3ncc(C#N)n3C)c2c1. The number of aromatic amines is 1. The van der Waals surface area contributed by atoms with Crippen LogP contribution in [0, 0.1) is 18.3 Å². The van der Waals surface area contributed by atoms with E-state index in [-0.39, 0.29) is 5.91 Å². The van der Waals surface area contributed by atoms with Crippen molar-refractivity contribution >= 4 is 22.5 Å². The topological polar surface area (TPSA) is 98.5 Å². The van der Waals surface area contributed by atoms with Gasteiger partial charge in [-0.3, -0.25) is 4.79 Å². The van der Waals surface area contributed by atoms with Crippen LogP contribution in [0.25, 0.3) is 10.9 Å². The molecule has 0 unspecified atom stereocenters. The normalized spacial score (nSPS) is 10.8. The molecule has 0 saturated heterocycles. The molecule has 0 radical (unpaired) electrons. The first kappa shape index (κ1) is 17.7. The molecule has 0 fully saturated rings. The van der Waals surface area contributed by atoms with E-state index in [1.165, 1.54) is 12.5 Å². The Kier molecular flexibility index (Phi) is 5.05. The van der Waals surface area contributed by atoms with Crippen LogP contribution in [0.1, 0.15) is 29.7 Å². The van der Waals surface area contributed by atoms with Crippen molar-refractivity contribution in [1.29, 1.82) is 5.26 Å². The van der Waals surface area contributed by atoms with Gasteiger partial charge in [0.05, 0.1) is 12.7 Å². The summed E-state index contributed by atoms with van der Waals surface area (Å²) in [5.74, 6) is 0.761. The van der Waals surface area contributed by atoms with Crippen molar-refractivity contribution in [3.05, 3.63) is 47.2 Å². The van der Waals surface area contributed by atoms with Gasteiger partial charge in [-0.15, -0.1) is 0 Å². The van der Waals surface area contributed by atoms with Crippen LogP contribution in [-0.4, -0.2) is 27.0 Å². The maximum atomic E-state index is 11.3. The van der Waals surface area contributed by atoms with Crippen LogP contribution in [0.2, 0.25) is 0 Å². The maximum Gasteiger partial charge on any atom is 0.221 e. The van der Waals surface area contributed by atoms with E-state index in [4.69, 9.17) is 5.26 Å². The number of aromatic nitrogens is 3. The number of anilines is 1. The molecule has 2 heterocycles. The van der Waals surface area contributed by atoms with Crippen molar-refractivity contribution in [2.24, 2.45) is 7.05 Å². The zero-order valence-corrected chi connectivity index (χ0v) is 15.2. The van der Waals surface area contributed by atoms with Gasteiger partial charge in [-0.2, -0.15) is 5.26 Å². The summed E-state index contributed by atoms with van der Waals surface area (Å²) in [4.78, 5) is 18.9. The van der Waals surface area contributed by atoms with Crippen LogP contribution in [-0.2, 0) is 24.8 Å². The van der Waals surface area contributed by atoms with Crippen LogP contribution in [0.5, 0.6) is 0 Å². The van der Waals surface area contributed by atoms with Gasteiger partial charge in [0, 0.05) is 36.3 Å². The van der Waals surface area contributed by atoms with Gasteiger partial charge in [-0.05, 0) is 43.7 Å². The van der Waals surface area contributed by atoms with Crippen molar-refractivity contribution in [2.45, 2.75) is 26.8 Å². The van der Waals surface area contributed by atoms with Crippen LogP contribution in [0.3, 0.4) is 0 Å². The summed E-state index contributed by atoms with van der Waals surface area (Å²) >= 11 is 0. The molecule has 3 rings (SSSR count). The number of nitrogens with zero attached hydrogens (tertiary/aromatic N) is 3. The fourth-order valence-corrected chi connectivity index (χ4v) is 3.12. The van der Waals surface area contributed by atoms with Crippen LogP contribution in [0.15, 0.2) is 24.4 Å². The summed E-state index contributed by atoms with van der Waals surface area (Å²) in [7, 11) is 1.84. The third kappa shape index (κ3) is 3.60. The predicted octanol–water partition coefficient (Wildman–Crippen LogP) is 2.37. The number of imidazole rings is 1. The molecule has 0 saturated carbocycles. The number of rotatable bonds is 6. The van der Waals surface area contributed by atoms with E-state index in [0.717, 1.165) is 41.1 Å². The lowest BCUT2D eigenvalue weighted by Crippen LogP contribution is -2.19. The summed E-state index contributed by atoms with van der Waals surface area (Å²) < 4.78 is 1.80. The van der Waals surface area contributed by atoms with Gasteiger partial charge in [0.25, 0.3) is 0 Å². The fourth-order valence-electron chi connectivity index (χ4n) is 3.12. The minimum Gasteiger partial charge on any atom is -0.358 e. The molecular weight excluding hydrogens is 328 g/mol. The first-order valence-electron chi connectivity index (χ1n) is 8.49. The van der Waals surface area contributed by atoms with Crippen LogP contribution in [0.4, 0.5) is 5.69 Å². The number of nitriles is 1. The van der Waals surface area contributed by atoms with Gasteiger partial charge in [-0.25, -0.2) is 4.98 Å². The molecule has 7 heteroatoms. The lowest BCUT2D eigenvalue weighted by molar-refractivity contribution is -0.114. The minimum atomic E-state index is -0.0772. The van der Waals surface area contributed by atoms with E-state index >= 15 is 0 Å². The highest BCUT2D eigenvalue weighted by molar-refractivity contribution is 5.93. The van der Waals surface area contributed by atoms with Crippen LogP contribution >= 0.6 is 0 Å². The third-order valence-corrected chi connectivity index (χ3v) is 4.47. The Morgan fingerprint density at radius 1 is 1.42 bits per heavy atom. The average molecular weight is 350 g/mol. The first-order chi connectivity index (χ1) is 12.5. The number of carbonyl (C=O) groups excluding carboxylic acids is 1. The molecule has 134 valence electrons. The number of aryl methyl sites for hydroxylation is 1. The molecule has 3 aromatic rings. The standard InChI is InChI=1S/C19H22N6O/c1-12-16(6-7-21-11-19-22-10-15(9-20)25(19)3)17-8-14(24-13(2)26)4-5-18(17)23-12/h4-5,8,10,21,23H,6-7,11H2,1-3H3,(H,24,26). The first-order valence-corrected chi connectivity index (χ1v) is 8.49. The molecule has 0 aliphatic carbocycles. The molecule has 0 aliphatic heterocycles. The number of fused-ring (bicyclic) bond motifs is 1. The molecule has 26 heavy (non-hydrogen) atoms. The second-order valence-corrected chi connectivity index (χ2v) is 6.33. The molecule has 1 aromatic carbocycles.